The molecule has 0 aliphatic carbocycles. The van der Waals surface area contributed by atoms with Gasteiger partial charge in [0.2, 0.25) is 0 Å². The van der Waals surface area contributed by atoms with Gasteiger partial charge in [0.05, 0.1) is 0 Å². The molecule has 0 N–H and O–H groups in total. The maximum Gasteiger partial charge on any atom is 0.134 e. The fourth-order valence-electron chi connectivity index (χ4n) is 1.84. The van der Waals surface area contributed by atoms with Crippen LogP contribution in [0.2, 0.25) is 0 Å². The fraction of sp³-hybridized carbons (Fsp3) is 0.333. The Kier molecular flexibility index (Phi) is 3.99. The first-order valence-electron chi connectivity index (χ1n) is 6.04. The van der Waals surface area contributed by atoms with Gasteiger partial charge in [-0.15, -0.1) is 0 Å². The molecule has 1 aromatic heterocycles. The van der Waals surface area contributed by atoms with Crippen molar-refractivity contribution in [3.8, 4) is 11.3 Å². The molecule has 1 aromatic carbocycles. The molecule has 17 heavy (non-hydrogen) atoms. The average Bonchev–Trinajstić information content (AvgIpc) is 2.78. The van der Waals surface area contributed by atoms with Gasteiger partial charge in [-0.1, -0.05) is 30.3 Å². The molecule has 0 saturated carbocycles. The molecule has 0 spiro atoms. The summed E-state index contributed by atoms with van der Waals surface area (Å²) in [4.78, 5) is 2.20. The number of furan rings is 1. The molecule has 0 amide bonds. The molecular formula is C15H19NO. The zero-order chi connectivity index (χ0) is 12.1. The lowest BCUT2D eigenvalue weighted by molar-refractivity contribution is 0.390. The van der Waals surface area contributed by atoms with Gasteiger partial charge in [0, 0.05) is 12.0 Å². The van der Waals surface area contributed by atoms with Gasteiger partial charge in [-0.2, -0.15) is 0 Å². The van der Waals surface area contributed by atoms with E-state index in [4.69, 9.17) is 4.42 Å². The Hall–Kier alpha value is -1.54. The fourth-order valence-corrected chi connectivity index (χ4v) is 1.84. The summed E-state index contributed by atoms with van der Waals surface area (Å²) in [7, 11) is 4.19. The molecule has 2 rings (SSSR count). The summed E-state index contributed by atoms with van der Waals surface area (Å²) in [5, 5.41) is 0. The SMILES string of the molecule is CN(C)CCCc1ccc(-c2ccccc2)o1. The summed E-state index contributed by atoms with van der Waals surface area (Å²) in [6.45, 7) is 1.10. The van der Waals surface area contributed by atoms with Gasteiger partial charge in [0.1, 0.15) is 11.5 Å². The molecule has 90 valence electrons. The summed E-state index contributed by atoms with van der Waals surface area (Å²) in [6, 6.07) is 14.4. The zero-order valence-electron chi connectivity index (χ0n) is 10.5. The highest BCUT2D eigenvalue weighted by molar-refractivity contribution is 5.57. The van der Waals surface area contributed by atoms with Crippen LogP contribution in [0.4, 0.5) is 0 Å². The van der Waals surface area contributed by atoms with Crippen molar-refractivity contribution < 1.29 is 4.42 Å². The average molecular weight is 229 g/mol. The first kappa shape index (κ1) is 11.9. The largest absolute Gasteiger partial charge is 0.461 e. The molecule has 0 saturated heterocycles. The normalized spacial score (nSPS) is 11.0. The summed E-state index contributed by atoms with van der Waals surface area (Å²) in [5.74, 6) is 2.04. The van der Waals surface area contributed by atoms with Crippen LogP contribution in [-0.4, -0.2) is 25.5 Å². The van der Waals surface area contributed by atoms with Crippen LogP contribution in [-0.2, 0) is 6.42 Å². The summed E-state index contributed by atoms with van der Waals surface area (Å²) in [6.07, 6.45) is 2.14. The molecule has 2 nitrogen and oxygen atoms in total. The second kappa shape index (κ2) is 5.69. The number of rotatable bonds is 5. The summed E-state index contributed by atoms with van der Waals surface area (Å²) in [5.41, 5.74) is 1.14. The second-order valence-corrected chi connectivity index (χ2v) is 4.54. The Labute approximate surface area is 103 Å². The molecule has 1 heterocycles. The number of nitrogens with zero attached hydrogens (tertiary/aromatic N) is 1. The van der Waals surface area contributed by atoms with Crippen LogP contribution in [0.15, 0.2) is 46.9 Å². The first-order chi connectivity index (χ1) is 8.25. The minimum atomic E-state index is 0.963. The van der Waals surface area contributed by atoms with E-state index < -0.39 is 0 Å². The number of hydrogen-bond acceptors (Lipinski definition) is 2. The standard InChI is InChI=1S/C15H19NO/c1-16(2)12-6-9-14-10-11-15(17-14)13-7-4-3-5-8-13/h3-5,7-8,10-11H,6,9,12H2,1-2H3. The van der Waals surface area contributed by atoms with Gasteiger partial charge in [-0.05, 0) is 39.2 Å². The topological polar surface area (TPSA) is 16.4 Å². The predicted octanol–water partition coefficient (Wildman–Crippen LogP) is 3.44. The molecule has 0 fully saturated rings. The van der Waals surface area contributed by atoms with Crippen molar-refractivity contribution in [1.82, 2.24) is 4.90 Å². The molecule has 0 atom stereocenters. The first-order valence-corrected chi connectivity index (χ1v) is 6.04. The lowest BCUT2D eigenvalue weighted by Gasteiger charge is -2.07. The number of aryl methyl sites for hydroxylation is 1. The molecule has 0 bridgehead atoms. The maximum absolute atomic E-state index is 5.83. The minimum Gasteiger partial charge on any atom is -0.461 e. The summed E-state index contributed by atoms with van der Waals surface area (Å²) < 4.78 is 5.83. The van der Waals surface area contributed by atoms with E-state index in [0.29, 0.717) is 0 Å². The lowest BCUT2D eigenvalue weighted by atomic mass is 10.2. The highest BCUT2D eigenvalue weighted by Gasteiger charge is 2.04. The molecule has 2 heteroatoms. The minimum absolute atomic E-state index is 0.963. The van der Waals surface area contributed by atoms with E-state index in [0.717, 1.165) is 36.5 Å². The Morgan fingerprint density at radius 3 is 2.47 bits per heavy atom. The molecule has 0 aliphatic heterocycles. The van der Waals surface area contributed by atoms with E-state index in [-0.39, 0.29) is 0 Å². The van der Waals surface area contributed by atoms with Gasteiger partial charge in [-0.3, -0.25) is 0 Å². The smallest absolute Gasteiger partial charge is 0.134 e. The summed E-state index contributed by atoms with van der Waals surface area (Å²) >= 11 is 0. The van der Waals surface area contributed by atoms with Crippen LogP contribution in [0.5, 0.6) is 0 Å². The van der Waals surface area contributed by atoms with Crippen LogP contribution in [0.1, 0.15) is 12.2 Å². The molecule has 2 aromatic rings. The predicted molar refractivity (Wildman–Crippen MR) is 71.0 cm³/mol. The van der Waals surface area contributed by atoms with E-state index in [2.05, 4.69) is 43.3 Å². The highest BCUT2D eigenvalue weighted by atomic mass is 16.3. The van der Waals surface area contributed by atoms with Crippen LogP contribution in [0, 0.1) is 0 Å². The van der Waals surface area contributed by atoms with Crippen molar-refractivity contribution in [3.63, 3.8) is 0 Å². The van der Waals surface area contributed by atoms with E-state index in [9.17, 15) is 0 Å². The quantitative estimate of drug-likeness (QED) is 0.781. The van der Waals surface area contributed by atoms with Crippen LogP contribution >= 0.6 is 0 Å². The van der Waals surface area contributed by atoms with Gasteiger partial charge < -0.3 is 9.32 Å². The maximum atomic E-state index is 5.83. The van der Waals surface area contributed by atoms with Crippen LogP contribution < -0.4 is 0 Å². The van der Waals surface area contributed by atoms with E-state index in [1.54, 1.807) is 0 Å². The number of benzene rings is 1. The second-order valence-electron chi connectivity index (χ2n) is 4.54. The molecule has 0 aliphatic rings. The third kappa shape index (κ3) is 3.46. The van der Waals surface area contributed by atoms with E-state index in [1.165, 1.54) is 0 Å². The molecule has 0 radical (unpaired) electrons. The van der Waals surface area contributed by atoms with Crippen LogP contribution in [0.25, 0.3) is 11.3 Å². The monoisotopic (exact) mass is 229 g/mol. The Morgan fingerprint density at radius 2 is 1.76 bits per heavy atom. The third-order valence-corrected chi connectivity index (χ3v) is 2.75. The van der Waals surface area contributed by atoms with Crippen molar-refractivity contribution in [2.45, 2.75) is 12.8 Å². The lowest BCUT2D eigenvalue weighted by Crippen LogP contribution is -2.13. The van der Waals surface area contributed by atoms with Crippen LogP contribution in [0.3, 0.4) is 0 Å². The van der Waals surface area contributed by atoms with E-state index in [1.807, 2.05) is 18.2 Å². The van der Waals surface area contributed by atoms with E-state index >= 15 is 0 Å². The molecular weight excluding hydrogens is 210 g/mol. The zero-order valence-corrected chi connectivity index (χ0v) is 10.5. The van der Waals surface area contributed by atoms with Crippen molar-refractivity contribution >= 4 is 0 Å². The van der Waals surface area contributed by atoms with Gasteiger partial charge in [-0.25, -0.2) is 0 Å². The Morgan fingerprint density at radius 1 is 1.00 bits per heavy atom. The van der Waals surface area contributed by atoms with Crippen molar-refractivity contribution in [3.05, 3.63) is 48.2 Å². The Bertz CT molecular complexity index is 445. The third-order valence-electron chi connectivity index (χ3n) is 2.75. The van der Waals surface area contributed by atoms with Gasteiger partial charge in [0.25, 0.3) is 0 Å². The molecule has 0 unspecified atom stereocenters. The Balaban J connectivity index is 1.97. The number of hydrogen-bond donors (Lipinski definition) is 0. The van der Waals surface area contributed by atoms with Crippen molar-refractivity contribution in [1.29, 1.82) is 0 Å². The van der Waals surface area contributed by atoms with Crippen molar-refractivity contribution in [2.24, 2.45) is 0 Å². The highest BCUT2D eigenvalue weighted by Crippen LogP contribution is 2.22. The van der Waals surface area contributed by atoms with Gasteiger partial charge >= 0.3 is 0 Å². The van der Waals surface area contributed by atoms with Crippen molar-refractivity contribution in [2.75, 3.05) is 20.6 Å². The van der Waals surface area contributed by atoms with Gasteiger partial charge in [0.15, 0.2) is 0 Å².